The summed E-state index contributed by atoms with van der Waals surface area (Å²) in [6, 6.07) is 11.2. The summed E-state index contributed by atoms with van der Waals surface area (Å²) in [5.41, 5.74) is 1.56. The quantitative estimate of drug-likeness (QED) is 0.578. The van der Waals surface area contributed by atoms with E-state index in [1.165, 1.54) is 6.42 Å². The van der Waals surface area contributed by atoms with Crippen LogP contribution in [0.25, 0.3) is 0 Å². The third-order valence-electron chi connectivity index (χ3n) is 5.15. The number of hydrogen-bond acceptors (Lipinski definition) is 0. The summed E-state index contributed by atoms with van der Waals surface area (Å²) in [7, 11) is -3.80. The van der Waals surface area contributed by atoms with Gasteiger partial charge in [0.2, 0.25) is 0 Å². The van der Waals surface area contributed by atoms with Gasteiger partial charge in [-0.15, -0.1) is 0 Å². The monoisotopic (exact) mass is 322 g/mol. The highest BCUT2D eigenvalue weighted by Gasteiger charge is 2.59. The molecule has 0 fully saturated rings. The van der Waals surface area contributed by atoms with Crippen LogP contribution in [0.2, 0.25) is 63.2 Å². The Hall–Kier alpha value is -0.129. The maximum atomic E-state index is 2.62. The number of hydrogen-bond donors (Lipinski definition) is 0. The summed E-state index contributed by atoms with van der Waals surface area (Å²) in [6.07, 6.45) is 1.31. The maximum Gasteiger partial charge on any atom is 0.0455 e. The molecule has 0 amide bonds. The molecule has 0 N–H and O–H groups in total. The van der Waals surface area contributed by atoms with E-state index in [2.05, 4.69) is 89.3 Å². The van der Waals surface area contributed by atoms with Gasteiger partial charge < -0.3 is 0 Å². The Bertz CT molecular complexity index is 394. The Morgan fingerprint density at radius 2 is 1.00 bits per heavy atom. The molecule has 0 saturated heterocycles. The normalized spacial score (nSPS) is 14.4. The molecule has 0 nitrogen and oxygen atoms in total. The van der Waals surface area contributed by atoms with Crippen molar-refractivity contribution in [3.63, 3.8) is 0 Å². The first-order chi connectivity index (χ1) is 8.83. The lowest BCUT2D eigenvalue weighted by atomic mass is 10.2. The Morgan fingerprint density at radius 1 is 0.650 bits per heavy atom. The average molecular weight is 323 g/mol. The van der Waals surface area contributed by atoms with E-state index >= 15 is 0 Å². The topological polar surface area (TPSA) is 0 Å². The molecule has 0 aliphatic heterocycles. The highest BCUT2D eigenvalue weighted by molar-refractivity contribution is 7.15. The minimum atomic E-state index is -1.27. The third kappa shape index (κ3) is 3.20. The predicted octanol–water partition coefficient (Wildman–Crippen LogP) is 6.06. The van der Waals surface area contributed by atoms with E-state index in [-0.39, 0.29) is 0 Å². The van der Waals surface area contributed by atoms with E-state index in [4.69, 9.17) is 0 Å². The highest BCUT2D eigenvalue weighted by atomic mass is 28.5. The molecule has 1 rings (SSSR count). The van der Waals surface area contributed by atoms with Gasteiger partial charge in [-0.3, -0.25) is 0 Å². The fourth-order valence-corrected chi connectivity index (χ4v) is 34.3. The van der Waals surface area contributed by atoms with E-state index in [0.29, 0.717) is 4.28 Å². The van der Waals surface area contributed by atoms with Crippen LogP contribution in [-0.4, -0.2) is 24.2 Å². The smallest absolute Gasteiger partial charge is 0.0455 e. The molecule has 0 aliphatic carbocycles. The molecule has 1 aromatic carbocycles. The van der Waals surface area contributed by atoms with Crippen LogP contribution in [0.4, 0.5) is 0 Å². The Morgan fingerprint density at radius 3 is 1.30 bits per heavy atom. The van der Waals surface area contributed by atoms with Crippen LogP contribution in [0.1, 0.15) is 5.56 Å². The van der Waals surface area contributed by atoms with E-state index in [1.54, 1.807) is 5.56 Å². The Kier molecular flexibility index (Phi) is 5.00. The SMILES string of the molecule is C[Si](C)(C)C(Cc1ccccc1)([Si](C)(C)C)[Si](C)(C)C. The predicted molar refractivity (Wildman–Crippen MR) is 103 cm³/mol. The molecule has 0 spiro atoms. The standard InChI is InChI=1S/C17H34Si3/c1-18(2,3)17(19(4,5)6,20(7,8)9)15-16-13-11-10-12-14-16/h10-14H,15H2,1-9H3. The lowest BCUT2D eigenvalue weighted by molar-refractivity contribution is 0.873. The molecule has 114 valence electrons. The zero-order valence-electron chi connectivity index (χ0n) is 15.1. The van der Waals surface area contributed by atoms with Crippen molar-refractivity contribution in [1.29, 1.82) is 0 Å². The van der Waals surface area contributed by atoms with E-state index in [1.807, 2.05) is 0 Å². The summed E-state index contributed by atoms with van der Waals surface area (Å²) in [5, 5.41) is 0. The van der Waals surface area contributed by atoms with Crippen molar-refractivity contribution in [2.45, 2.75) is 69.6 Å². The first kappa shape index (κ1) is 17.9. The van der Waals surface area contributed by atoms with Crippen LogP contribution >= 0.6 is 0 Å². The highest BCUT2D eigenvalue weighted by Crippen LogP contribution is 2.55. The van der Waals surface area contributed by atoms with Crippen molar-refractivity contribution in [3.8, 4) is 0 Å². The molecule has 0 radical (unpaired) electrons. The molecule has 0 heterocycles. The molecule has 1 aromatic rings. The molecular formula is C17H34Si3. The second-order valence-electron chi connectivity index (χ2n) is 9.32. The lowest BCUT2D eigenvalue weighted by Gasteiger charge is -2.59. The molecule has 3 heteroatoms. The van der Waals surface area contributed by atoms with E-state index in [9.17, 15) is 0 Å². The minimum Gasteiger partial charge on any atom is -0.0695 e. The van der Waals surface area contributed by atoms with Crippen molar-refractivity contribution in [2.75, 3.05) is 0 Å². The first-order valence-electron chi connectivity index (χ1n) is 7.87. The van der Waals surface area contributed by atoms with Gasteiger partial charge in [-0.2, -0.15) is 0 Å². The maximum absolute atomic E-state index is 2.62. The van der Waals surface area contributed by atoms with Crippen molar-refractivity contribution >= 4 is 24.2 Å². The molecule has 0 aliphatic rings. The van der Waals surface area contributed by atoms with Crippen molar-refractivity contribution in [1.82, 2.24) is 0 Å². The van der Waals surface area contributed by atoms with Crippen LogP contribution in [0.3, 0.4) is 0 Å². The zero-order chi connectivity index (χ0) is 15.8. The Labute approximate surface area is 130 Å². The second-order valence-corrected chi connectivity index (χ2v) is 26.9. The zero-order valence-corrected chi connectivity index (χ0v) is 18.1. The van der Waals surface area contributed by atoms with Gasteiger partial charge in [-0.25, -0.2) is 0 Å². The molecule has 0 bridgehead atoms. The van der Waals surface area contributed by atoms with E-state index < -0.39 is 24.2 Å². The van der Waals surface area contributed by atoms with Crippen LogP contribution in [0, 0.1) is 0 Å². The molecule has 0 atom stereocenters. The summed E-state index contributed by atoms with van der Waals surface area (Å²) >= 11 is 0. The lowest BCUT2D eigenvalue weighted by Crippen LogP contribution is -2.66. The summed E-state index contributed by atoms with van der Waals surface area (Å²) in [4.78, 5) is 0. The van der Waals surface area contributed by atoms with Gasteiger partial charge in [0.25, 0.3) is 0 Å². The van der Waals surface area contributed by atoms with E-state index in [0.717, 1.165) is 0 Å². The largest absolute Gasteiger partial charge is 0.0695 e. The van der Waals surface area contributed by atoms with Gasteiger partial charge >= 0.3 is 0 Å². The molecule has 0 aromatic heterocycles. The summed E-state index contributed by atoms with van der Waals surface area (Å²) in [5.74, 6) is 0. The van der Waals surface area contributed by atoms with Crippen LogP contribution in [-0.2, 0) is 6.42 Å². The first-order valence-corrected chi connectivity index (χ1v) is 18.4. The molecule has 0 saturated carbocycles. The molecule has 0 unspecified atom stereocenters. The van der Waals surface area contributed by atoms with Gasteiger partial charge in [0.15, 0.2) is 0 Å². The average Bonchev–Trinajstić information content (AvgIpc) is 2.22. The van der Waals surface area contributed by atoms with Crippen molar-refractivity contribution < 1.29 is 0 Å². The van der Waals surface area contributed by atoms with Crippen LogP contribution < -0.4 is 0 Å². The Balaban J connectivity index is 3.48. The van der Waals surface area contributed by atoms with Crippen molar-refractivity contribution in [2.24, 2.45) is 0 Å². The van der Waals surface area contributed by atoms with Gasteiger partial charge in [-0.05, 0) is 16.3 Å². The second kappa shape index (κ2) is 5.58. The van der Waals surface area contributed by atoms with Crippen LogP contribution in [0.5, 0.6) is 0 Å². The summed E-state index contributed by atoms with van der Waals surface area (Å²) in [6.45, 7) is 23.6. The van der Waals surface area contributed by atoms with Crippen LogP contribution in [0.15, 0.2) is 30.3 Å². The summed E-state index contributed by atoms with van der Waals surface area (Å²) < 4.78 is 0.633. The number of rotatable bonds is 5. The van der Waals surface area contributed by atoms with Gasteiger partial charge in [0.05, 0.1) is 0 Å². The molecular weight excluding hydrogens is 288 g/mol. The fourth-order valence-electron chi connectivity index (χ4n) is 5.07. The van der Waals surface area contributed by atoms with Gasteiger partial charge in [0, 0.05) is 24.2 Å². The van der Waals surface area contributed by atoms with Crippen molar-refractivity contribution in [3.05, 3.63) is 35.9 Å². The minimum absolute atomic E-state index is 0.633. The third-order valence-corrected chi connectivity index (χ3v) is 26.9. The molecule has 20 heavy (non-hydrogen) atoms. The number of benzene rings is 1. The fraction of sp³-hybridized carbons (Fsp3) is 0.647. The van der Waals surface area contributed by atoms with Gasteiger partial charge in [0.1, 0.15) is 0 Å². The van der Waals surface area contributed by atoms with Gasteiger partial charge in [-0.1, -0.05) is 89.3 Å².